The summed E-state index contributed by atoms with van der Waals surface area (Å²) in [6, 6.07) is 0. The first-order chi connectivity index (χ1) is 14.0. The number of fused-ring (bicyclic) bond motifs is 3. The number of hydrogen-bond acceptors (Lipinski definition) is 5. The van der Waals surface area contributed by atoms with Crippen LogP contribution >= 0.6 is 11.3 Å². The van der Waals surface area contributed by atoms with Crippen LogP contribution in [0.15, 0.2) is 12.2 Å². The van der Waals surface area contributed by atoms with E-state index in [0.717, 1.165) is 55.4 Å². The van der Waals surface area contributed by atoms with Crippen molar-refractivity contribution >= 4 is 34.2 Å². The van der Waals surface area contributed by atoms with Gasteiger partial charge in [0, 0.05) is 4.88 Å². The first kappa shape index (κ1) is 20.1. The Morgan fingerprint density at radius 2 is 1.79 bits per heavy atom. The molecule has 0 aromatic carbocycles. The van der Waals surface area contributed by atoms with E-state index < -0.39 is 23.8 Å². The Kier molecular flexibility index (Phi) is 5.76. The van der Waals surface area contributed by atoms with Gasteiger partial charge in [-0.2, -0.15) is 0 Å². The summed E-state index contributed by atoms with van der Waals surface area (Å²) < 4.78 is 5.28. The molecule has 2 bridgehead atoms. The van der Waals surface area contributed by atoms with E-state index in [4.69, 9.17) is 4.74 Å². The first-order valence-electron chi connectivity index (χ1n) is 10.5. The third kappa shape index (κ3) is 3.72. The van der Waals surface area contributed by atoms with Crippen molar-refractivity contribution in [2.45, 2.75) is 51.9 Å². The lowest BCUT2D eigenvalue weighted by Gasteiger charge is -2.41. The molecule has 4 aliphatic carbocycles. The van der Waals surface area contributed by atoms with Gasteiger partial charge >= 0.3 is 11.9 Å². The van der Waals surface area contributed by atoms with Crippen LogP contribution in [0.2, 0.25) is 0 Å². The molecule has 4 aliphatic rings. The Morgan fingerprint density at radius 3 is 2.45 bits per heavy atom. The molecule has 1 aromatic heterocycles. The topological polar surface area (TPSA) is 92.7 Å². The number of carboxylic acids is 1. The largest absolute Gasteiger partial charge is 0.481 e. The van der Waals surface area contributed by atoms with Crippen molar-refractivity contribution < 1.29 is 24.2 Å². The second-order valence-electron chi connectivity index (χ2n) is 8.16. The third-order valence-electron chi connectivity index (χ3n) is 6.47. The van der Waals surface area contributed by atoms with Crippen LogP contribution in [-0.2, 0) is 27.2 Å². The van der Waals surface area contributed by atoms with E-state index in [1.807, 2.05) is 12.2 Å². The number of thiophene rings is 1. The van der Waals surface area contributed by atoms with Crippen LogP contribution in [0.5, 0.6) is 0 Å². The number of hydrogen-bond donors (Lipinski definition) is 2. The molecule has 7 heteroatoms. The molecular weight excluding hydrogens is 390 g/mol. The van der Waals surface area contributed by atoms with Crippen molar-refractivity contribution in [1.82, 2.24) is 0 Å². The number of aryl methyl sites for hydroxylation is 1. The fourth-order valence-corrected chi connectivity index (χ4v) is 6.41. The Labute approximate surface area is 174 Å². The number of rotatable bonds is 5. The smallest absolute Gasteiger partial charge is 0.341 e. The van der Waals surface area contributed by atoms with Gasteiger partial charge in [-0.15, -0.1) is 11.3 Å². The van der Waals surface area contributed by atoms with Crippen molar-refractivity contribution in [3.63, 3.8) is 0 Å². The van der Waals surface area contributed by atoms with E-state index in [1.54, 1.807) is 6.92 Å². The van der Waals surface area contributed by atoms with Crippen LogP contribution in [-0.4, -0.2) is 29.6 Å². The minimum Gasteiger partial charge on any atom is -0.481 e. The van der Waals surface area contributed by atoms with Crippen molar-refractivity contribution in [3.05, 3.63) is 28.2 Å². The van der Waals surface area contributed by atoms with Gasteiger partial charge in [0.2, 0.25) is 5.91 Å². The van der Waals surface area contributed by atoms with Gasteiger partial charge in [0.05, 0.1) is 24.0 Å². The lowest BCUT2D eigenvalue weighted by molar-refractivity contribution is -0.151. The summed E-state index contributed by atoms with van der Waals surface area (Å²) in [6.45, 7) is 2.04. The summed E-state index contributed by atoms with van der Waals surface area (Å²) >= 11 is 1.45. The van der Waals surface area contributed by atoms with Crippen molar-refractivity contribution in [2.75, 3.05) is 11.9 Å². The quantitative estimate of drug-likeness (QED) is 0.428. The van der Waals surface area contributed by atoms with Gasteiger partial charge in [-0.3, -0.25) is 9.59 Å². The number of allylic oxidation sites excluding steroid dienone is 2. The molecule has 156 valence electrons. The predicted octanol–water partition coefficient (Wildman–Crippen LogP) is 4.05. The summed E-state index contributed by atoms with van der Waals surface area (Å²) in [6.07, 6.45) is 10.5. The second-order valence-corrected chi connectivity index (χ2v) is 9.26. The van der Waals surface area contributed by atoms with Gasteiger partial charge in [-0.25, -0.2) is 4.79 Å². The summed E-state index contributed by atoms with van der Waals surface area (Å²) in [5.41, 5.74) is 1.48. The number of carbonyl (C=O) groups excluding carboxylic acids is 2. The van der Waals surface area contributed by atoms with Gasteiger partial charge in [-0.1, -0.05) is 18.6 Å². The van der Waals surface area contributed by atoms with Crippen molar-refractivity contribution in [2.24, 2.45) is 23.7 Å². The van der Waals surface area contributed by atoms with Crippen LogP contribution in [0.3, 0.4) is 0 Å². The summed E-state index contributed by atoms with van der Waals surface area (Å²) in [5, 5.41) is 13.2. The number of amides is 1. The molecule has 1 heterocycles. The SMILES string of the molecule is CCOC(=O)c1c(NC(=O)[C@@H]2[C@H](C(=O)O)[C@H]3C=C[C@H]2CC3)sc2c1CCCCC2. The zero-order valence-electron chi connectivity index (χ0n) is 16.6. The van der Waals surface area contributed by atoms with E-state index in [-0.39, 0.29) is 24.3 Å². The number of carboxylic acid groups (broad SMARTS) is 1. The van der Waals surface area contributed by atoms with Crippen LogP contribution < -0.4 is 5.32 Å². The van der Waals surface area contributed by atoms with Crippen LogP contribution in [0.1, 0.15) is 59.8 Å². The molecule has 0 radical (unpaired) electrons. The molecule has 2 N–H and O–H groups in total. The number of ether oxygens (including phenoxy) is 1. The van der Waals surface area contributed by atoms with E-state index >= 15 is 0 Å². The lowest BCUT2D eigenvalue weighted by atomic mass is 9.62. The Hall–Kier alpha value is -2.15. The molecule has 1 fully saturated rings. The molecule has 5 rings (SSSR count). The highest BCUT2D eigenvalue weighted by atomic mass is 32.1. The molecule has 0 spiro atoms. The first-order valence-corrected chi connectivity index (χ1v) is 11.4. The van der Waals surface area contributed by atoms with E-state index in [0.29, 0.717) is 10.6 Å². The van der Waals surface area contributed by atoms with E-state index in [2.05, 4.69) is 5.32 Å². The van der Waals surface area contributed by atoms with Crippen LogP contribution in [0.4, 0.5) is 5.00 Å². The third-order valence-corrected chi connectivity index (χ3v) is 7.68. The van der Waals surface area contributed by atoms with Crippen molar-refractivity contribution in [3.8, 4) is 0 Å². The Morgan fingerprint density at radius 1 is 1.10 bits per heavy atom. The predicted molar refractivity (Wildman–Crippen MR) is 110 cm³/mol. The summed E-state index contributed by atoms with van der Waals surface area (Å²) in [5.74, 6) is -3.09. The minimum atomic E-state index is -0.920. The lowest BCUT2D eigenvalue weighted by Crippen LogP contribution is -2.47. The Bertz CT molecular complexity index is 858. The molecule has 1 saturated carbocycles. The van der Waals surface area contributed by atoms with E-state index in [9.17, 15) is 19.5 Å². The number of carbonyl (C=O) groups is 3. The zero-order chi connectivity index (χ0) is 20.5. The number of anilines is 1. The van der Waals surface area contributed by atoms with Gasteiger partial charge in [0.15, 0.2) is 0 Å². The monoisotopic (exact) mass is 417 g/mol. The van der Waals surface area contributed by atoms with Crippen LogP contribution in [0.25, 0.3) is 0 Å². The molecule has 4 atom stereocenters. The standard InChI is InChI=1S/C22H27NO5S/c1-2-28-22(27)18-14-6-4-3-5-7-15(14)29-20(18)23-19(24)16-12-8-10-13(11-9-12)17(16)21(25)26/h8,10,12-13,16-17H,2-7,9,11H2,1H3,(H,23,24)(H,25,26)/t12-,13-,16-,17+/m0/s1. The average Bonchev–Trinajstić information content (AvgIpc) is 2.88. The molecule has 6 nitrogen and oxygen atoms in total. The number of aliphatic carboxylic acids is 1. The number of nitrogens with one attached hydrogen (secondary N) is 1. The molecule has 1 amide bonds. The number of esters is 1. The average molecular weight is 418 g/mol. The maximum Gasteiger partial charge on any atom is 0.341 e. The normalized spacial score (nSPS) is 27.8. The van der Waals surface area contributed by atoms with E-state index in [1.165, 1.54) is 11.3 Å². The van der Waals surface area contributed by atoms with Crippen LogP contribution in [0, 0.1) is 23.7 Å². The molecule has 0 saturated heterocycles. The minimum absolute atomic E-state index is 0.0649. The Balaban J connectivity index is 1.65. The van der Waals surface area contributed by atoms with Gasteiger partial charge in [-0.05, 0) is 62.8 Å². The van der Waals surface area contributed by atoms with Gasteiger partial charge in [0.25, 0.3) is 0 Å². The van der Waals surface area contributed by atoms with Gasteiger partial charge < -0.3 is 15.2 Å². The highest BCUT2D eigenvalue weighted by molar-refractivity contribution is 7.17. The van der Waals surface area contributed by atoms with Gasteiger partial charge in [0.1, 0.15) is 5.00 Å². The summed E-state index contributed by atoms with van der Waals surface area (Å²) in [4.78, 5) is 39.0. The maximum absolute atomic E-state index is 13.2. The zero-order valence-corrected chi connectivity index (χ0v) is 17.4. The summed E-state index contributed by atoms with van der Waals surface area (Å²) in [7, 11) is 0. The highest BCUT2D eigenvalue weighted by Crippen LogP contribution is 2.46. The second kappa shape index (κ2) is 8.30. The molecule has 0 unspecified atom stereocenters. The fraction of sp³-hybridized carbons (Fsp3) is 0.591. The maximum atomic E-state index is 13.2. The molecule has 0 aliphatic heterocycles. The molecule has 1 aromatic rings. The highest BCUT2D eigenvalue weighted by Gasteiger charge is 2.48. The molecule has 29 heavy (non-hydrogen) atoms. The van der Waals surface area contributed by atoms with Crippen molar-refractivity contribution in [1.29, 1.82) is 0 Å². The fourth-order valence-electron chi connectivity index (χ4n) is 5.13. The molecular formula is C22H27NO5S.